The van der Waals surface area contributed by atoms with Gasteiger partial charge in [-0.05, 0) is 31.2 Å². The van der Waals surface area contributed by atoms with E-state index in [1.807, 2.05) is 54.6 Å². The highest BCUT2D eigenvalue weighted by Crippen LogP contribution is 2.25. The average Bonchev–Trinajstić information content (AvgIpc) is 3.33. The van der Waals surface area contributed by atoms with Crippen molar-refractivity contribution in [3.8, 4) is 0 Å². The SMILES string of the molecule is C[C@@H](NC(=O)CN1C(=O)Cn2c(cc3ccccc32)C1=O)c1cc2ccccc2o1. The van der Waals surface area contributed by atoms with Crippen molar-refractivity contribution >= 4 is 39.6 Å². The lowest BCUT2D eigenvalue weighted by molar-refractivity contribution is -0.134. The molecule has 7 nitrogen and oxygen atoms in total. The van der Waals surface area contributed by atoms with Crippen LogP contribution in [0.25, 0.3) is 21.9 Å². The van der Waals surface area contributed by atoms with Gasteiger partial charge in [0.15, 0.2) is 0 Å². The summed E-state index contributed by atoms with van der Waals surface area (Å²) in [6, 6.07) is 18.3. The third-order valence-electron chi connectivity index (χ3n) is 5.42. The highest BCUT2D eigenvalue weighted by Gasteiger charge is 2.33. The van der Waals surface area contributed by atoms with Gasteiger partial charge in [-0.15, -0.1) is 0 Å². The minimum Gasteiger partial charge on any atom is -0.459 e. The quantitative estimate of drug-likeness (QED) is 0.532. The van der Waals surface area contributed by atoms with E-state index in [0.717, 1.165) is 26.8 Å². The number of nitrogens with one attached hydrogen (secondary N) is 1. The van der Waals surface area contributed by atoms with E-state index in [9.17, 15) is 14.4 Å². The number of hydrogen-bond donors (Lipinski definition) is 1. The predicted octanol–water partition coefficient (Wildman–Crippen LogP) is 3.25. The number of carbonyl (C=O) groups is 3. The summed E-state index contributed by atoms with van der Waals surface area (Å²) in [4.78, 5) is 39.1. The second-order valence-electron chi connectivity index (χ2n) is 7.44. The van der Waals surface area contributed by atoms with E-state index in [-0.39, 0.29) is 13.1 Å². The van der Waals surface area contributed by atoms with Crippen LogP contribution in [0.5, 0.6) is 0 Å². The molecule has 3 heterocycles. The van der Waals surface area contributed by atoms with Crippen molar-refractivity contribution in [1.82, 2.24) is 14.8 Å². The van der Waals surface area contributed by atoms with E-state index in [2.05, 4.69) is 5.32 Å². The molecule has 0 aliphatic carbocycles. The maximum Gasteiger partial charge on any atom is 0.277 e. The van der Waals surface area contributed by atoms with Crippen LogP contribution in [-0.2, 0) is 16.1 Å². The molecule has 30 heavy (non-hydrogen) atoms. The van der Waals surface area contributed by atoms with Crippen LogP contribution < -0.4 is 5.32 Å². The average molecular weight is 401 g/mol. The van der Waals surface area contributed by atoms with Crippen LogP contribution in [0.2, 0.25) is 0 Å². The van der Waals surface area contributed by atoms with Crippen molar-refractivity contribution in [2.75, 3.05) is 6.54 Å². The first-order valence-corrected chi connectivity index (χ1v) is 9.72. The van der Waals surface area contributed by atoms with Crippen LogP contribution in [0.15, 0.2) is 65.1 Å². The van der Waals surface area contributed by atoms with Crippen molar-refractivity contribution in [3.63, 3.8) is 0 Å². The van der Waals surface area contributed by atoms with Crippen LogP contribution >= 0.6 is 0 Å². The van der Waals surface area contributed by atoms with Crippen LogP contribution in [0.1, 0.15) is 29.2 Å². The summed E-state index contributed by atoms with van der Waals surface area (Å²) < 4.78 is 7.48. The maximum atomic E-state index is 12.9. The van der Waals surface area contributed by atoms with E-state index in [0.29, 0.717) is 11.5 Å². The zero-order chi connectivity index (χ0) is 20.8. The summed E-state index contributed by atoms with van der Waals surface area (Å²) in [5.41, 5.74) is 1.98. The van der Waals surface area contributed by atoms with Crippen molar-refractivity contribution in [2.24, 2.45) is 0 Å². The molecular weight excluding hydrogens is 382 g/mol. The molecule has 0 bridgehead atoms. The van der Waals surface area contributed by atoms with Crippen LogP contribution in [0.3, 0.4) is 0 Å². The molecule has 0 fully saturated rings. The molecule has 0 spiro atoms. The summed E-state index contributed by atoms with van der Waals surface area (Å²) >= 11 is 0. The van der Waals surface area contributed by atoms with Crippen molar-refractivity contribution in [3.05, 3.63) is 72.1 Å². The Morgan fingerprint density at radius 2 is 1.80 bits per heavy atom. The summed E-state index contributed by atoms with van der Waals surface area (Å²) in [7, 11) is 0. The Morgan fingerprint density at radius 1 is 1.07 bits per heavy atom. The molecular formula is C23H19N3O4. The van der Waals surface area contributed by atoms with E-state index in [4.69, 9.17) is 4.42 Å². The minimum atomic E-state index is -0.464. The molecule has 0 saturated carbocycles. The van der Waals surface area contributed by atoms with E-state index in [1.165, 1.54) is 0 Å². The van der Waals surface area contributed by atoms with E-state index < -0.39 is 23.8 Å². The molecule has 1 aliphatic heterocycles. The predicted molar refractivity (Wildman–Crippen MR) is 111 cm³/mol. The molecule has 4 aromatic rings. The highest BCUT2D eigenvalue weighted by atomic mass is 16.3. The summed E-state index contributed by atoms with van der Waals surface area (Å²) in [6.07, 6.45) is 0. The fraction of sp³-hybridized carbons (Fsp3) is 0.174. The lowest BCUT2D eigenvalue weighted by Gasteiger charge is -2.26. The second kappa shape index (κ2) is 6.88. The maximum absolute atomic E-state index is 12.9. The van der Waals surface area contributed by atoms with Gasteiger partial charge in [-0.1, -0.05) is 36.4 Å². The third kappa shape index (κ3) is 2.95. The van der Waals surface area contributed by atoms with Gasteiger partial charge in [0.2, 0.25) is 11.8 Å². The van der Waals surface area contributed by atoms with Gasteiger partial charge in [0.1, 0.15) is 30.1 Å². The minimum absolute atomic E-state index is 0.0288. The first-order chi connectivity index (χ1) is 14.5. The Kier molecular flexibility index (Phi) is 4.17. The molecule has 7 heteroatoms. The molecule has 0 saturated heterocycles. The summed E-state index contributed by atoms with van der Waals surface area (Å²) in [5, 5.41) is 4.65. The molecule has 0 radical (unpaired) electrons. The Labute approximate surface area is 171 Å². The largest absolute Gasteiger partial charge is 0.459 e. The third-order valence-corrected chi connectivity index (χ3v) is 5.42. The topological polar surface area (TPSA) is 84.5 Å². The molecule has 5 rings (SSSR count). The number of fused-ring (bicyclic) bond motifs is 4. The number of hydrogen-bond acceptors (Lipinski definition) is 4. The fourth-order valence-corrected chi connectivity index (χ4v) is 3.91. The van der Waals surface area contributed by atoms with Gasteiger partial charge in [0.25, 0.3) is 5.91 Å². The standard InChI is InChI=1S/C23H19N3O4/c1-14(20-11-16-7-3-5-9-19(16)30-20)24-21(27)12-26-22(28)13-25-17-8-4-2-6-15(17)10-18(25)23(26)29/h2-11,14H,12-13H2,1H3,(H,24,27)/t14-/m1/s1. The number of nitrogens with zero attached hydrogens (tertiary/aromatic N) is 2. The lowest BCUT2D eigenvalue weighted by atomic mass is 10.2. The Hall–Kier alpha value is -3.87. The van der Waals surface area contributed by atoms with Gasteiger partial charge < -0.3 is 14.3 Å². The molecule has 150 valence electrons. The zero-order valence-electron chi connectivity index (χ0n) is 16.3. The normalized spacial score (nSPS) is 14.9. The van der Waals surface area contributed by atoms with Crippen LogP contribution in [0.4, 0.5) is 0 Å². The summed E-state index contributed by atoms with van der Waals surface area (Å²) in [5.74, 6) is -0.676. The van der Waals surface area contributed by atoms with Gasteiger partial charge >= 0.3 is 0 Å². The second-order valence-corrected chi connectivity index (χ2v) is 7.44. The van der Waals surface area contributed by atoms with Gasteiger partial charge in [-0.2, -0.15) is 0 Å². The van der Waals surface area contributed by atoms with Crippen LogP contribution in [0, 0.1) is 0 Å². The van der Waals surface area contributed by atoms with Gasteiger partial charge in [0, 0.05) is 16.3 Å². The van der Waals surface area contributed by atoms with Crippen molar-refractivity contribution in [2.45, 2.75) is 19.5 Å². The number of benzene rings is 2. The summed E-state index contributed by atoms with van der Waals surface area (Å²) in [6.45, 7) is 1.50. The number of furan rings is 1. The molecule has 1 atom stereocenters. The fourth-order valence-electron chi connectivity index (χ4n) is 3.91. The molecule has 2 aromatic heterocycles. The monoisotopic (exact) mass is 401 g/mol. The molecule has 1 N–H and O–H groups in total. The number of imide groups is 1. The highest BCUT2D eigenvalue weighted by molar-refractivity contribution is 6.11. The number of carbonyl (C=O) groups excluding carboxylic acids is 3. The Balaban J connectivity index is 1.33. The van der Waals surface area contributed by atoms with E-state index >= 15 is 0 Å². The lowest BCUT2D eigenvalue weighted by Crippen LogP contribution is -2.49. The number of amides is 3. The van der Waals surface area contributed by atoms with Gasteiger partial charge in [0.05, 0.1) is 6.04 Å². The van der Waals surface area contributed by atoms with Crippen molar-refractivity contribution < 1.29 is 18.8 Å². The first-order valence-electron chi connectivity index (χ1n) is 9.72. The molecule has 2 aromatic carbocycles. The van der Waals surface area contributed by atoms with Crippen molar-refractivity contribution in [1.29, 1.82) is 0 Å². The van der Waals surface area contributed by atoms with Gasteiger partial charge in [-0.3, -0.25) is 19.3 Å². The molecule has 3 amide bonds. The first kappa shape index (κ1) is 18.2. The number of aromatic nitrogens is 1. The van der Waals surface area contributed by atoms with Crippen LogP contribution in [-0.4, -0.2) is 33.7 Å². The van der Waals surface area contributed by atoms with Gasteiger partial charge in [-0.25, -0.2) is 0 Å². The Bertz CT molecular complexity index is 1280. The van der Waals surface area contributed by atoms with E-state index in [1.54, 1.807) is 17.6 Å². The smallest absolute Gasteiger partial charge is 0.277 e. The molecule has 0 unspecified atom stereocenters. The number of rotatable bonds is 4. The zero-order valence-corrected chi connectivity index (χ0v) is 16.3. The number of para-hydroxylation sites is 2. The Morgan fingerprint density at radius 3 is 2.60 bits per heavy atom. The molecule has 1 aliphatic rings.